The Morgan fingerprint density at radius 3 is 2.63 bits per heavy atom. The molecule has 1 atom stereocenters. The molecule has 1 rings (SSSR count). The molecule has 0 spiro atoms. The molecule has 0 aliphatic rings. The van der Waals surface area contributed by atoms with Crippen LogP contribution in [0.5, 0.6) is 5.75 Å². The van der Waals surface area contributed by atoms with Crippen LogP contribution >= 0.6 is 0 Å². The van der Waals surface area contributed by atoms with Crippen LogP contribution in [-0.2, 0) is 6.54 Å². The molecule has 106 valence electrons. The van der Waals surface area contributed by atoms with Gasteiger partial charge >= 0.3 is 0 Å². The molecular formula is C13H20N2O4. The zero-order chi connectivity index (χ0) is 14.6. The SMILES string of the molecule is COc1ccc([N+](=O)[O-])cc1CNC(C)(C)C(C)O. The Morgan fingerprint density at radius 1 is 1.53 bits per heavy atom. The number of aliphatic hydroxyl groups is 1. The zero-order valence-corrected chi connectivity index (χ0v) is 11.6. The van der Waals surface area contributed by atoms with Crippen LogP contribution in [0.2, 0.25) is 0 Å². The number of nitrogens with one attached hydrogen (secondary N) is 1. The zero-order valence-electron chi connectivity index (χ0n) is 11.6. The van der Waals surface area contributed by atoms with E-state index in [1.807, 2.05) is 13.8 Å². The van der Waals surface area contributed by atoms with Crippen molar-refractivity contribution in [1.29, 1.82) is 0 Å². The van der Waals surface area contributed by atoms with E-state index in [4.69, 9.17) is 4.74 Å². The quantitative estimate of drug-likeness (QED) is 0.607. The van der Waals surface area contributed by atoms with Crippen molar-refractivity contribution in [3.8, 4) is 5.75 Å². The van der Waals surface area contributed by atoms with Crippen LogP contribution in [0.15, 0.2) is 18.2 Å². The van der Waals surface area contributed by atoms with Crippen molar-refractivity contribution in [3.63, 3.8) is 0 Å². The number of aliphatic hydroxyl groups excluding tert-OH is 1. The first-order chi connectivity index (χ1) is 8.77. The number of ether oxygens (including phenoxy) is 1. The van der Waals surface area contributed by atoms with Crippen LogP contribution in [0.3, 0.4) is 0 Å². The van der Waals surface area contributed by atoms with E-state index in [-0.39, 0.29) is 5.69 Å². The van der Waals surface area contributed by atoms with Crippen molar-refractivity contribution >= 4 is 5.69 Å². The van der Waals surface area contributed by atoms with E-state index >= 15 is 0 Å². The molecule has 19 heavy (non-hydrogen) atoms. The first-order valence-corrected chi connectivity index (χ1v) is 6.02. The van der Waals surface area contributed by atoms with Gasteiger partial charge in [0.15, 0.2) is 0 Å². The number of hydrogen-bond donors (Lipinski definition) is 2. The van der Waals surface area contributed by atoms with Crippen molar-refractivity contribution in [2.45, 2.75) is 39.0 Å². The summed E-state index contributed by atoms with van der Waals surface area (Å²) in [5, 5.41) is 23.6. The van der Waals surface area contributed by atoms with Gasteiger partial charge in [0.2, 0.25) is 0 Å². The normalized spacial score (nSPS) is 13.1. The van der Waals surface area contributed by atoms with Gasteiger partial charge in [-0.3, -0.25) is 10.1 Å². The molecule has 0 saturated carbocycles. The topological polar surface area (TPSA) is 84.6 Å². The molecule has 0 fully saturated rings. The molecule has 0 aliphatic carbocycles. The first kappa shape index (κ1) is 15.4. The summed E-state index contributed by atoms with van der Waals surface area (Å²) in [6.45, 7) is 5.80. The fourth-order valence-electron chi connectivity index (χ4n) is 1.49. The lowest BCUT2D eigenvalue weighted by molar-refractivity contribution is -0.384. The molecule has 0 bridgehead atoms. The molecule has 0 radical (unpaired) electrons. The Kier molecular flexibility index (Phi) is 4.85. The van der Waals surface area contributed by atoms with Crippen LogP contribution < -0.4 is 10.1 Å². The van der Waals surface area contributed by atoms with Crippen molar-refractivity contribution in [2.24, 2.45) is 0 Å². The van der Waals surface area contributed by atoms with Crippen molar-refractivity contribution in [1.82, 2.24) is 5.32 Å². The van der Waals surface area contributed by atoms with Gasteiger partial charge < -0.3 is 15.2 Å². The van der Waals surface area contributed by atoms with Gasteiger partial charge in [-0.05, 0) is 26.8 Å². The summed E-state index contributed by atoms with van der Waals surface area (Å²) in [5.41, 5.74) is 0.216. The third kappa shape index (κ3) is 3.90. The van der Waals surface area contributed by atoms with Crippen LogP contribution in [-0.4, -0.2) is 28.8 Å². The third-order valence-electron chi connectivity index (χ3n) is 3.25. The number of methoxy groups -OCH3 is 1. The molecule has 0 amide bonds. The Bertz CT molecular complexity index is 458. The number of nitrogens with zero attached hydrogens (tertiary/aromatic N) is 1. The Labute approximate surface area is 112 Å². The number of hydrogen-bond acceptors (Lipinski definition) is 5. The second-order valence-electron chi connectivity index (χ2n) is 5.00. The standard InChI is InChI=1S/C13H20N2O4/c1-9(16)13(2,3)14-8-10-7-11(15(17)18)5-6-12(10)19-4/h5-7,9,14,16H,8H2,1-4H3. The lowest BCUT2D eigenvalue weighted by Crippen LogP contribution is -2.47. The summed E-state index contributed by atoms with van der Waals surface area (Å²) in [5.74, 6) is 0.583. The highest BCUT2D eigenvalue weighted by Gasteiger charge is 2.24. The second-order valence-corrected chi connectivity index (χ2v) is 5.00. The van der Waals surface area contributed by atoms with E-state index in [1.54, 1.807) is 13.0 Å². The lowest BCUT2D eigenvalue weighted by Gasteiger charge is -2.29. The van der Waals surface area contributed by atoms with E-state index < -0.39 is 16.6 Å². The molecule has 0 heterocycles. The van der Waals surface area contributed by atoms with E-state index in [2.05, 4.69) is 5.32 Å². The first-order valence-electron chi connectivity index (χ1n) is 6.02. The number of benzene rings is 1. The summed E-state index contributed by atoms with van der Waals surface area (Å²) in [7, 11) is 1.52. The minimum Gasteiger partial charge on any atom is -0.496 e. The smallest absolute Gasteiger partial charge is 0.270 e. The highest BCUT2D eigenvalue weighted by Crippen LogP contribution is 2.24. The van der Waals surface area contributed by atoms with Crippen molar-refractivity contribution < 1.29 is 14.8 Å². The lowest BCUT2D eigenvalue weighted by atomic mass is 9.98. The molecule has 2 N–H and O–H groups in total. The predicted molar refractivity (Wildman–Crippen MR) is 72.2 cm³/mol. The van der Waals surface area contributed by atoms with Gasteiger partial charge in [-0.1, -0.05) is 0 Å². The van der Waals surface area contributed by atoms with Crippen LogP contribution in [0.4, 0.5) is 5.69 Å². The molecule has 1 unspecified atom stereocenters. The summed E-state index contributed by atoms with van der Waals surface area (Å²) < 4.78 is 5.18. The number of nitro benzene ring substituents is 1. The van der Waals surface area contributed by atoms with E-state index in [9.17, 15) is 15.2 Å². The number of rotatable bonds is 6. The average molecular weight is 268 g/mol. The van der Waals surface area contributed by atoms with Crippen molar-refractivity contribution in [3.05, 3.63) is 33.9 Å². The second kappa shape index (κ2) is 5.99. The Hall–Kier alpha value is -1.66. The van der Waals surface area contributed by atoms with Gasteiger partial charge in [0.25, 0.3) is 5.69 Å². The maximum Gasteiger partial charge on any atom is 0.270 e. The number of non-ortho nitro benzene ring substituents is 1. The number of nitro groups is 1. The molecule has 0 aromatic heterocycles. The minimum atomic E-state index is -0.544. The van der Waals surface area contributed by atoms with E-state index in [1.165, 1.54) is 19.2 Å². The summed E-state index contributed by atoms with van der Waals surface area (Å²) in [4.78, 5) is 10.3. The summed E-state index contributed by atoms with van der Waals surface area (Å²) in [6.07, 6.45) is -0.544. The van der Waals surface area contributed by atoms with Gasteiger partial charge in [0.05, 0.1) is 18.1 Å². The summed E-state index contributed by atoms with van der Waals surface area (Å²) >= 11 is 0. The van der Waals surface area contributed by atoms with Gasteiger partial charge in [-0.2, -0.15) is 0 Å². The molecule has 1 aromatic rings. The fraction of sp³-hybridized carbons (Fsp3) is 0.538. The van der Waals surface area contributed by atoms with Crippen LogP contribution in [0.1, 0.15) is 26.3 Å². The molecular weight excluding hydrogens is 248 g/mol. The highest BCUT2D eigenvalue weighted by atomic mass is 16.6. The predicted octanol–water partition coefficient (Wildman–Crippen LogP) is 1.85. The molecule has 0 saturated heterocycles. The fourth-order valence-corrected chi connectivity index (χ4v) is 1.49. The molecule has 1 aromatic carbocycles. The van der Waals surface area contributed by atoms with E-state index in [0.29, 0.717) is 17.9 Å². The average Bonchev–Trinajstić information content (AvgIpc) is 2.35. The molecule has 0 aliphatic heterocycles. The Balaban J connectivity index is 2.92. The largest absolute Gasteiger partial charge is 0.496 e. The minimum absolute atomic E-state index is 0.0208. The molecule has 6 heteroatoms. The van der Waals surface area contributed by atoms with Crippen molar-refractivity contribution in [2.75, 3.05) is 7.11 Å². The summed E-state index contributed by atoms with van der Waals surface area (Å²) in [6, 6.07) is 4.45. The molecule has 6 nitrogen and oxygen atoms in total. The van der Waals surface area contributed by atoms with Gasteiger partial charge in [0.1, 0.15) is 5.75 Å². The van der Waals surface area contributed by atoms with Crippen LogP contribution in [0, 0.1) is 10.1 Å². The maximum absolute atomic E-state index is 10.8. The van der Waals surface area contributed by atoms with Gasteiger partial charge in [-0.25, -0.2) is 0 Å². The van der Waals surface area contributed by atoms with E-state index in [0.717, 1.165) is 0 Å². The third-order valence-corrected chi connectivity index (χ3v) is 3.25. The monoisotopic (exact) mass is 268 g/mol. The van der Waals surface area contributed by atoms with Crippen LogP contribution in [0.25, 0.3) is 0 Å². The Morgan fingerprint density at radius 2 is 2.16 bits per heavy atom. The highest BCUT2D eigenvalue weighted by molar-refractivity contribution is 5.43. The maximum atomic E-state index is 10.8. The van der Waals surface area contributed by atoms with Gasteiger partial charge in [-0.15, -0.1) is 0 Å². The van der Waals surface area contributed by atoms with Gasteiger partial charge in [0, 0.05) is 29.8 Å².